The summed E-state index contributed by atoms with van der Waals surface area (Å²) in [5.41, 5.74) is 2.80. The molecule has 0 radical (unpaired) electrons. The molecule has 4 N–H and O–H groups in total. The third-order valence-electron chi connectivity index (χ3n) is 4.44. The summed E-state index contributed by atoms with van der Waals surface area (Å²) in [4.78, 5) is 14.5. The molecule has 1 aromatic heterocycles. The van der Waals surface area contributed by atoms with Crippen LogP contribution in [0.2, 0.25) is 0 Å². The van der Waals surface area contributed by atoms with E-state index in [1.807, 2.05) is 61.5 Å². The van der Waals surface area contributed by atoms with E-state index in [-0.39, 0.29) is 4.90 Å². The number of aromatic amines is 1. The zero-order valence-corrected chi connectivity index (χ0v) is 17.9. The first kappa shape index (κ1) is 21.5. The summed E-state index contributed by atoms with van der Waals surface area (Å²) in [7, 11) is -1.82. The Hall–Kier alpha value is -3.17. The molecular formula is C21H26N6O2S. The number of hydrogen-bond donors (Lipinski definition) is 3. The second-order valence-electron chi connectivity index (χ2n) is 6.83. The van der Waals surface area contributed by atoms with Gasteiger partial charge >= 0.3 is 0 Å². The number of primary sulfonamides is 1. The standard InChI is InChI=1S/C21H26N6O2S/c1-3-23-21(25-13-16-8-7-11-18(12-16)30(22,28)29)27(2)15-20-24-14-19(26-20)17-9-5-4-6-10-17/h4-12,14H,3,13,15H2,1-2H3,(H,23,25)(H,24,26)(H2,22,28,29). The van der Waals surface area contributed by atoms with Gasteiger partial charge in [0, 0.05) is 13.6 Å². The van der Waals surface area contributed by atoms with Gasteiger partial charge in [-0.1, -0.05) is 42.5 Å². The molecule has 30 heavy (non-hydrogen) atoms. The van der Waals surface area contributed by atoms with Crippen molar-refractivity contribution < 1.29 is 8.42 Å². The zero-order chi connectivity index (χ0) is 21.6. The maximum absolute atomic E-state index is 11.6. The van der Waals surface area contributed by atoms with Gasteiger partial charge in [-0.15, -0.1) is 0 Å². The smallest absolute Gasteiger partial charge is 0.238 e. The number of rotatable bonds is 7. The fraction of sp³-hybridized carbons (Fsp3) is 0.238. The van der Waals surface area contributed by atoms with Crippen LogP contribution in [-0.2, 0) is 23.1 Å². The minimum Gasteiger partial charge on any atom is -0.357 e. The van der Waals surface area contributed by atoms with Gasteiger partial charge in [0.1, 0.15) is 5.82 Å². The van der Waals surface area contributed by atoms with Gasteiger partial charge in [-0.25, -0.2) is 23.5 Å². The van der Waals surface area contributed by atoms with Crippen molar-refractivity contribution in [3.05, 3.63) is 72.2 Å². The minimum atomic E-state index is -3.74. The number of sulfonamides is 1. The Morgan fingerprint density at radius 3 is 2.67 bits per heavy atom. The number of nitrogens with zero attached hydrogens (tertiary/aromatic N) is 3. The molecule has 1 heterocycles. The molecule has 3 rings (SSSR count). The van der Waals surface area contributed by atoms with Crippen LogP contribution in [0.5, 0.6) is 0 Å². The lowest BCUT2D eigenvalue weighted by molar-refractivity contribution is 0.464. The Morgan fingerprint density at radius 1 is 1.20 bits per heavy atom. The number of nitrogens with two attached hydrogens (primary N) is 1. The van der Waals surface area contributed by atoms with Crippen molar-refractivity contribution in [3.8, 4) is 11.3 Å². The highest BCUT2D eigenvalue weighted by atomic mass is 32.2. The minimum absolute atomic E-state index is 0.0811. The Bertz CT molecular complexity index is 1110. The zero-order valence-electron chi connectivity index (χ0n) is 17.0. The van der Waals surface area contributed by atoms with Crippen molar-refractivity contribution in [2.75, 3.05) is 13.6 Å². The molecule has 0 amide bonds. The van der Waals surface area contributed by atoms with Crippen LogP contribution in [0.15, 0.2) is 70.7 Å². The van der Waals surface area contributed by atoms with E-state index in [0.29, 0.717) is 25.6 Å². The van der Waals surface area contributed by atoms with Crippen LogP contribution < -0.4 is 10.5 Å². The van der Waals surface area contributed by atoms with E-state index < -0.39 is 10.0 Å². The average molecular weight is 427 g/mol. The summed E-state index contributed by atoms with van der Waals surface area (Å²) in [5, 5.41) is 8.46. The predicted octanol–water partition coefficient (Wildman–Crippen LogP) is 2.32. The Labute approximate surface area is 176 Å². The van der Waals surface area contributed by atoms with Crippen molar-refractivity contribution in [3.63, 3.8) is 0 Å². The second-order valence-corrected chi connectivity index (χ2v) is 8.39. The van der Waals surface area contributed by atoms with Gasteiger partial charge in [0.2, 0.25) is 10.0 Å². The number of nitrogens with one attached hydrogen (secondary N) is 2. The van der Waals surface area contributed by atoms with Crippen molar-refractivity contribution in [1.29, 1.82) is 0 Å². The number of benzene rings is 2. The number of guanidine groups is 1. The molecule has 9 heteroatoms. The molecule has 0 atom stereocenters. The molecule has 0 aliphatic heterocycles. The van der Waals surface area contributed by atoms with E-state index in [1.165, 1.54) is 6.07 Å². The highest BCUT2D eigenvalue weighted by Crippen LogP contribution is 2.16. The van der Waals surface area contributed by atoms with E-state index in [9.17, 15) is 8.42 Å². The first-order chi connectivity index (χ1) is 14.4. The van der Waals surface area contributed by atoms with Crippen molar-refractivity contribution in [2.45, 2.75) is 24.9 Å². The number of H-pyrrole nitrogens is 1. The van der Waals surface area contributed by atoms with Crippen LogP contribution >= 0.6 is 0 Å². The van der Waals surface area contributed by atoms with Crippen LogP contribution in [-0.4, -0.2) is 42.8 Å². The van der Waals surface area contributed by atoms with E-state index >= 15 is 0 Å². The van der Waals surface area contributed by atoms with Gasteiger partial charge < -0.3 is 15.2 Å². The molecule has 0 saturated carbocycles. The van der Waals surface area contributed by atoms with Gasteiger partial charge in [0.15, 0.2) is 5.96 Å². The lowest BCUT2D eigenvalue weighted by Gasteiger charge is -2.21. The second kappa shape index (κ2) is 9.55. The van der Waals surface area contributed by atoms with E-state index in [1.54, 1.807) is 12.1 Å². The summed E-state index contributed by atoms with van der Waals surface area (Å²) in [5.74, 6) is 1.51. The summed E-state index contributed by atoms with van der Waals surface area (Å²) >= 11 is 0. The third-order valence-corrected chi connectivity index (χ3v) is 5.35. The summed E-state index contributed by atoms with van der Waals surface area (Å²) < 4.78 is 23.1. The summed E-state index contributed by atoms with van der Waals surface area (Å²) in [6, 6.07) is 16.5. The molecule has 2 aromatic carbocycles. The molecule has 158 valence electrons. The van der Waals surface area contributed by atoms with E-state index in [4.69, 9.17) is 5.14 Å². The molecule has 8 nitrogen and oxygen atoms in total. The molecule has 0 bridgehead atoms. The first-order valence-corrected chi connectivity index (χ1v) is 11.1. The molecule has 3 aromatic rings. The Kier molecular flexibility index (Phi) is 6.86. The number of aliphatic imine (C=N–C) groups is 1. The largest absolute Gasteiger partial charge is 0.357 e. The van der Waals surface area contributed by atoms with Crippen LogP contribution in [0.1, 0.15) is 18.3 Å². The topological polar surface area (TPSA) is 116 Å². The third kappa shape index (κ3) is 5.68. The fourth-order valence-electron chi connectivity index (χ4n) is 2.96. The van der Waals surface area contributed by atoms with Gasteiger partial charge in [-0.2, -0.15) is 0 Å². The van der Waals surface area contributed by atoms with Crippen LogP contribution in [0.4, 0.5) is 0 Å². The number of imidazole rings is 1. The Morgan fingerprint density at radius 2 is 1.97 bits per heavy atom. The SMILES string of the molecule is CCNC(=NCc1cccc(S(N)(=O)=O)c1)N(C)Cc1ncc(-c2ccccc2)[nH]1. The van der Waals surface area contributed by atoms with Crippen molar-refractivity contribution >= 4 is 16.0 Å². The monoisotopic (exact) mass is 426 g/mol. The molecular weight excluding hydrogens is 400 g/mol. The predicted molar refractivity (Wildman–Crippen MR) is 118 cm³/mol. The maximum atomic E-state index is 11.6. The van der Waals surface area contributed by atoms with E-state index in [0.717, 1.165) is 22.6 Å². The van der Waals surface area contributed by atoms with Crippen LogP contribution in [0, 0.1) is 0 Å². The molecule has 0 saturated heterocycles. The lowest BCUT2D eigenvalue weighted by Crippen LogP contribution is -2.38. The highest BCUT2D eigenvalue weighted by Gasteiger charge is 2.11. The summed E-state index contributed by atoms with van der Waals surface area (Å²) in [6.07, 6.45) is 1.82. The molecule has 0 fully saturated rings. The number of aromatic nitrogens is 2. The van der Waals surface area contributed by atoms with E-state index in [2.05, 4.69) is 20.3 Å². The Balaban J connectivity index is 1.72. The highest BCUT2D eigenvalue weighted by molar-refractivity contribution is 7.89. The average Bonchev–Trinajstić information content (AvgIpc) is 3.20. The lowest BCUT2D eigenvalue weighted by atomic mass is 10.2. The molecule has 0 spiro atoms. The quantitative estimate of drug-likeness (QED) is 0.396. The van der Waals surface area contributed by atoms with Gasteiger partial charge in [0.05, 0.1) is 29.9 Å². The molecule has 0 aliphatic rings. The fourth-order valence-corrected chi connectivity index (χ4v) is 3.55. The van der Waals surface area contributed by atoms with Crippen molar-refractivity contribution in [2.24, 2.45) is 10.1 Å². The molecule has 0 unspecified atom stereocenters. The van der Waals surface area contributed by atoms with Gasteiger partial charge in [-0.05, 0) is 30.2 Å². The van der Waals surface area contributed by atoms with Crippen LogP contribution in [0.25, 0.3) is 11.3 Å². The van der Waals surface area contributed by atoms with Gasteiger partial charge in [0.25, 0.3) is 0 Å². The molecule has 0 aliphatic carbocycles. The van der Waals surface area contributed by atoms with Crippen LogP contribution in [0.3, 0.4) is 0 Å². The normalized spacial score (nSPS) is 12.0. The maximum Gasteiger partial charge on any atom is 0.238 e. The summed E-state index contributed by atoms with van der Waals surface area (Å²) in [6.45, 7) is 3.55. The van der Waals surface area contributed by atoms with Crippen molar-refractivity contribution in [1.82, 2.24) is 20.2 Å². The first-order valence-electron chi connectivity index (χ1n) is 9.57. The van der Waals surface area contributed by atoms with Gasteiger partial charge in [-0.3, -0.25) is 0 Å². The number of hydrogen-bond acceptors (Lipinski definition) is 4.